The van der Waals surface area contributed by atoms with Gasteiger partial charge in [-0.05, 0) is 26.0 Å². The van der Waals surface area contributed by atoms with Crippen LogP contribution in [0.4, 0.5) is 5.69 Å². The standard InChI is InChI=1S/C13H20N2O4S/c1-13(2,14)9-20(17,18)8-12(16)15-10-6-4-5-7-11(10)19-3/h4-7H,8-9,14H2,1-3H3,(H,15,16). The summed E-state index contributed by atoms with van der Waals surface area (Å²) in [6.45, 7) is 3.20. The van der Waals surface area contributed by atoms with E-state index in [-0.39, 0.29) is 5.75 Å². The summed E-state index contributed by atoms with van der Waals surface area (Å²) in [5.74, 6) is -0.999. The summed E-state index contributed by atoms with van der Waals surface area (Å²) in [5.41, 5.74) is 5.23. The largest absolute Gasteiger partial charge is 0.495 e. The molecular weight excluding hydrogens is 280 g/mol. The van der Waals surface area contributed by atoms with Gasteiger partial charge in [-0.2, -0.15) is 0 Å². The van der Waals surface area contributed by atoms with E-state index in [0.717, 1.165) is 0 Å². The number of anilines is 1. The summed E-state index contributed by atoms with van der Waals surface area (Å²) in [6, 6.07) is 6.78. The predicted molar refractivity (Wildman–Crippen MR) is 78.5 cm³/mol. The molecule has 0 aromatic heterocycles. The van der Waals surface area contributed by atoms with E-state index in [0.29, 0.717) is 11.4 Å². The fourth-order valence-electron chi connectivity index (χ4n) is 1.75. The molecule has 3 N–H and O–H groups in total. The van der Waals surface area contributed by atoms with Crippen molar-refractivity contribution in [1.82, 2.24) is 0 Å². The van der Waals surface area contributed by atoms with Gasteiger partial charge in [-0.15, -0.1) is 0 Å². The van der Waals surface area contributed by atoms with Crippen LogP contribution in [-0.2, 0) is 14.6 Å². The molecular formula is C13H20N2O4S. The van der Waals surface area contributed by atoms with E-state index in [9.17, 15) is 13.2 Å². The Balaban J connectivity index is 2.73. The van der Waals surface area contributed by atoms with Crippen LogP contribution in [0.3, 0.4) is 0 Å². The minimum atomic E-state index is -3.56. The van der Waals surface area contributed by atoms with Crippen molar-refractivity contribution in [3.8, 4) is 5.75 Å². The van der Waals surface area contributed by atoms with Crippen LogP contribution in [0.1, 0.15) is 13.8 Å². The Hall–Kier alpha value is -1.60. The molecule has 0 unspecified atom stereocenters. The molecule has 0 aliphatic rings. The monoisotopic (exact) mass is 300 g/mol. The number of ether oxygens (including phenoxy) is 1. The smallest absolute Gasteiger partial charge is 0.239 e. The van der Waals surface area contributed by atoms with Crippen LogP contribution in [0.25, 0.3) is 0 Å². The van der Waals surface area contributed by atoms with Gasteiger partial charge >= 0.3 is 0 Å². The number of carbonyl (C=O) groups excluding carboxylic acids is 1. The van der Waals surface area contributed by atoms with Crippen LogP contribution in [0.15, 0.2) is 24.3 Å². The van der Waals surface area contributed by atoms with Crippen molar-refractivity contribution in [2.24, 2.45) is 5.73 Å². The summed E-state index contributed by atoms with van der Waals surface area (Å²) < 4.78 is 28.7. The number of sulfone groups is 1. The third-order valence-electron chi connectivity index (χ3n) is 2.32. The van der Waals surface area contributed by atoms with Crippen molar-refractivity contribution in [3.63, 3.8) is 0 Å². The van der Waals surface area contributed by atoms with Gasteiger partial charge in [0.15, 0.2) is 9.84 Å². The second kappa shape index (κ2) is 6.23. The zero-order valence-corrected chi connectivity index (χ0v) is 12.7. The number of benzene rings is 1. The number of nitrogens with one attached hydrogen (secondary N) is 1. The summed E-state index contributed by atoms with van der Waals surface area (Å²) in [5, 5.41) is 2.52. The first-order valence-electron chi connectivity index (χ1n) is 6.05. The van der Waals surface area contributed by atoms with Gasteiger partial charge in [0.05, 0.1) is 18.6 Å². The van der Waals surface area contributed by atoms with Crippen molar-refractivity contribution in [3.05, 3.63) is 24.3 Å². The van der Waals surface area contributed by atoms with E-state index in [1.807, 2.05) is 0 Å². The lowest BCUT2D eigenvalue weighted by Gasteiger charge is -2.18. The Labute approximate surface area is 119 Å². The van der Waals surface area contributed by atoms with Crippen LogP contribution >= 0.6 is 0 Å². The van der Waals surface area contributed by atoms with Crippen LogP contribution in [0.2, 0.25) is 0 Å². The maximum Gasteiger partial charge on any atom is 0.239 e. The van der Waals surface area contributed by atoms with Crippen molar-refractivity contribution in [2.45, 2.75) is 19.4 Å². The molecule has 1 aromatic rings. The molecule has 0 aliphatic heterocycles. The maximum atomic E-state index is 11.8. The first kappa shape index (κ1) is 16.5. The summed E-state index contributed by atoms with van der Waals surface area (Å²) >= 11 is 0. The van der Waals surface area contributed by atoms with Gasteiger partial charge in [0, 0.05) is 5.54 Å². The molecule has 20 heavy (non-hydrogen) atoms. The van der Waals surface area contributed by atoms with E-state index in [1.54, 1.807) is 38.1 Å². The fraction of sp³-hybridized carbons (Fsp3) is 0.462. The molecule has 0 spiro atoms. The summed E-state index contributed by atoms with van der Waals surface area (Å²) in [7, 11) is -2.09. The highest BCUT2D eigenvalue weighted by Gasteiger charge is 2.25. The van der Waals surface area contributed by atoms with E-state index in [1.165, 1.54) is 7.11 Å². The topological polar surface area (TPSA) is 98.5 Å². The quantitative estimate of drug-likeness (QED) is 0.809. The molecule has 1 amide bonds. The van der Waals surface area contributed by atoms with Crippen molar-refractivity contribution in [1.29, 1.82) is 0 Å². The zero-order chi connectivity index (χ0) is 15.4. The van der Waals surface area contributed by atoms with Gasteiger partial charge in [-0.3, -0.25) is 4.79 Å². The molecule has 6 nitrogen and oxygen atoms in total. The second-order valence-electron chi connectivity index (χ2n) is 5.27. The number of amides is 1. The number of carbonyl (C=O) groups is 1. The molecule has 0 bridgehead atoms. The number of methoxy groups -OCH3 is 1. The molecule has 112 valence electrons. The lowest BCUT2D eigenvalue weighted by atomic mass is 10.1. The maximum absolute atomic E-state index is 11.8. The van der Waals surface area contributed by atoms with Gasteiger partial charge in [0.1, 0.15) is 11.5 Å². The lowest BCUT2D eigenvalue weighted by molar-refractivity contribution is -0.113. The molecule has 1 rings (SSSR count). The second-order valence-corrected chi connectivity index (χ2v) is 7.33. The van der Waals surface area contributed by atoms with Gasteiger partial charge in [0.25, 0.3) is 0 Å². The minimum Gasteiger partial charge on any atom is -0.495 e. The Kier molecular flexibility index (Phi) is 5.13. The van der Waals surface area contributed by atoms with Crippen molar-refractivity contribution in [2.75, 3.05) is 23.9 Å². The molecule has 0 heterocycles. The molecule has 0 radical (unpaired) electrons. The number of hydrogen-bond donors (Lipinski definition) is 2. The van der Waals surface area contributed by atoms with Crippen LogP contribution in [0, 0.1) is 0 Å². The van der Waals surface area contributed by atoms with E-state index in [4.69, 9.17) is 10.5 Å². The molecule has 0 saturated carbocycles. The molecule has 7 heteroatoms. The third kappa shape index (κ3) is 5.58. The van der Waals surface area contributed by atoms with E-state index < -0.39 is 27.0 Å². The predicted octanol–water partition coefficient (Wildman–Crippen LogP) is 0.786. The highest BCUT2D eigenvalue weighted by molar-refractivity contribution is 7.92. The van der Waals surface area contributed by atoms with Crippen LogP contribution in [-0.4, -0.2) is 38.5 Å². The minimum absolute atomic E-state index is 0.251. The first-order chi connectivity index (χ1) is 9.13. The SMILES string of the molecule is COc1ccccc1NC(=O)CS(=O)(=O)CC(C)(C)N. The van der Waals surface area contributed by atoms with Crippen molar-refractivity contribution >= 4 is 21.4 Å². The van der Waals surface area contributed by atoms with Gasteiger partial charge < -0.3 is 15.8 Å². The van der Waals surface area contributed by atoms with Crippen LogP contribution in [0.5, 0.6) is 5.75 Å². The Morgan fingerprint density at radius 1 is 1.35 bits per heavy atom. The van der Waals surface area contributed by atoms with Crippen molar-refractivity contribution < 1.29 is 17.9 Å². The number of para-hydroxylation sites is 2. The number of hydrogen-bond acceptors (Lipinski definition) is 5. The first-order valence-corrected chi connectivity index (χ1v) is 7.87. The Morgan fingerprint density at radius 2 is 1.95 bits per heavy atom. The Bertz CT molecular complexity index is 576. The average molecular weight is 300 g/mol. The molecule has 1 aromatic carbocycles. The van der Waals surface area contributed by atoms with Crippen LogP contribution < -0.4 is 15.8 Å². The highest BCUT2D eigenvalue weighted by Crippen LogP contribution is 2.22. The van der Waals surface area contributed by atoms with E-state index >= 15 is 0 Å². The van der Waals surface area contributed by atoms with Gasteiger partial charge in [-0.1, -0.05) is 12.1 Å². The molecule has 0 saturated heterocycles. The zero-order valence-electron chi connectivity index (χ0n) is 11.8. The fourth-order valence-corrected chi connectivity index (χ4v) is 3.46. The Morgan fingerprint density at radius 3 is 2.50 bits per heavy atom. The summed E-state index contributed by atoms with van der Waals surface area (Å²) in [4.78, 5) is 11.8. The van der Waals surface area contributed by atoms with E-state index in [2.05, 4.69) is 5.32 Å². The molecule has 0 aliphatic carbocycles. The normalized spacial score (nSPS) is 12.0. The molecule has 0 fully saturated rings. The summed E-state index contributed by atoms with van der Waals surface area (Å²) in [6.07, 6.45) is 0. The highest BCUT2D eigenvalue weighted by atomic mass is 32.2. The third-order valence-corrected chi connectivity index (χ3v) is 4.21. The molecule has 0 atom stereocenters. The average Bonchev–Trinajstić information content (AvgIpc) is 2.25. The lowest BCUT2D eigenvalue weighted by Crippen LogP contribution is -2.42. The van der Waals surface area contributed by atoms with Gasteiger partial charge in [-0.25, -0.2) is 8.42 Å². The van der Waals surface area contributed by atoms with Gasteiger partial charge in [0.2, 0.25) is 5.91 Å². The number of nitrogens with two attached hydrogens (primary N) is 1. The number of rotatable bonds is 6.